The molecular formula is C17H28O2. The van der Waals surface area contributed by atoms with Gasteiger partial charge in [0.1, 0.15) is 0 Å². The normalized spacial score (nSPS) is 52.6. The summed E-state index contributed by atoms with van der Waals surface area (Å²) >= 11 is 0. The summed E-state index contributed by atoms with van der Waals surface area (Å²) in [4.78, 5) is 0. The van der Waals surface area contributed by atoms with Gasteiger partial charge in [0.15, 0.2) is 0 Å². The average Bonchev–Trinajstić information content (AvgIpc) is 3.09. The van der Waals surface area contributed by atoms with Gasteiger partial charge in [0, 0.05) is 12.5 Å². The minimum Gasteiger partial charge on any atom is -0.378 e. The van der Waals surface area contributed by atoms with Crippen molar-refractivity contribution in [3.63, 3.8) is 0 Å². The summed E-state index contributed by atoms with van der Waals surface area (Å²) in [5.41, 5.74) is 0. The lowest BCUT2D eigenvalue weighted by Crippen LogP contribution is -2.33. The summed E-state index contributed by atoms with van der Waals surface area (Å²) < 4.78 is 11.9. The first-order chi connectivity index (χ1) is 9.31. The largest absolute Gasteiger partial charge is 0.378 e. The molecule has 2 saturated carbocycles. The van der Waals surface area contributed by atoms with Crippen molar-refractivity contribution >= 4 is 0 Å². The predicted octanol–water partition coefficient (Wildman–Crippen LogP) is 3.79. The quantitative estimate of drug-likeness (QED) is 0.723. The fourth-order valence-corrected chi connectivity index (χ4v) is 4.93. The first-order valence-electron chi connectivity index (χ1n) is 8.58. The molecule has 4 rings (SSSR count). The van der Waals surface area contributed by atoms with Gasteiger partial charge in [0.25, 0.3) is 0 Å². The van der Waals surface area contributed by atoms with Gasteiger partial charge in [-0.05, 0) is 37.0 Å². The molecule has 4 fully saturated rings. The Balaban J connectivity index is 1.27. The van der Waals surface area contributed by atoms with E-state index in [9.17, 15) is 0 Å². The number of hydrogen-bond donors (Lipinski definition) is 0. The smallest absolute Gasteiger partial charge is 0.0898 e. The van der Waals surface area contributed by atoms with Crippen LogP contribution in [0.2, 0.25) is 0 Å². The number of fused-ring (bicyclic) bond motifs is 3. The SMILES string of the molecule is CC1CCC(CCC2CC3OCCC3C3OC23)CC1. The highest BCUT2D eigenvalue weighted by atomic mass is 16.6. The van der Waals surface area contributed by atoms with Gasteiger partial charge in [-0.2, -0.15) is 0 Å². The number of epoxide rings is 1. The molecule has 0 spiro atoms. The Kier molecular flexibility index (Phi) is 3.35. The third kappa shape index (κ3) is 2.47. The van der Waals surface area contributed by atoms with Crippen LogP contribution in [0, 0.1) is 23.7 Å². The van der Waals surface area contributed by atoms with Crippen molar-refractivity contribution in [1.82, 2.24) is 0 Å². The van der Waals surface area contributed by atoms with Crippen LogP contribution in [-0.4, -0.2) is 24.9 Å². The second-order valence-electron chi connectivity index (χ2n) is 7.63. The minimum absolute atomic E-state index is 0.542. The lowest BCUT2D eigenvalue weighted by Gasteiger charge is -2.30. The lowest BCUT2D eigenvalue weighted by molar-refractivity contribution is 0.0535. The average molecular weight is 264 g/mol. The minimum atomic E-state index is 0.542. The number of ether oxygens (including phenoxy) is 2. The van der Waals surface area contributed by atoms with Gasteiger partial charge in [0.05, 0.1) is 18.3 Å². The summed E-state index contributed by atoms with van der Waals surface area (Å²) in [5.74, 6) is 3.55. The Hall–Kier alpha value is -0.0800. The van der Waals surface area contributed by atoms with Crippen LogP contribution >= 0.6 is 0 Å². The molecule has 108 valence electrons. The Labute approximate surface area is 117 Å². The Morgan fingerprint density at radius 2 is 1.79 bits per heavy atom. The van der Waals surface area contributed by atoms with E-state index in [-0.39, 0.29) is 0 Å². The molecule has 2 heterocycles. The fourth-order valence-electron chi connectivity index (χ4n) is 4.93. The number of rotatable bonds is 3. The predicted molar refractivity (Wildman–Crippen MR) is 75.0 cm³/mol. The molecule has 2 aliphatic heterocycles. The van der Waals surface area contributed by atoms with Gasteiger partial charge in [-0.1, -0.05) is 39.0 Å². The first kappa shape index (κ1) is 12.6. The number of hydrogen-bond acceptors (Lipinski definition) is 2. The van der Waals surface area contributed by atoms with Gasteiger partial charge >= 0.3 is 0 Å². The maximum absolute atomic E-state index is 5.98. The zero-order chi connectivity index (χ0) is 12.8. The van der Waals surface area contributed by atoms with Crippen LogP contribution < -0.4 is 0 Å². The van der Waals surface area contributed by atoms with Gasteiger partial charge in [-0.15, -0.1) is 0 Å². The summed E-state index contributed by atoms with van der Waals surface area (Å²) in [6, 6.07) is 0. The monoisotopic (exact) mass is 264 g/mol. The topological polar surface area (TPSA) is 21.8 Å². The van der Waals surface area contributed by atoms with E-state index in [1.807, 2.05) is 0 Å². The van der Waals surface area contributed by atoms with Crippen molar-refractivity contribution in [2.24, 2.45) is 23.7 Å². The van der Waals surface area contributed by atoms with E-state index in [4.69, 9.17) is 9.47 Å². The van der Waals surface area contributed by atoms with E-state index < -0.39 is 0 Å². The molecule has 0 aromatic rings. The van der Waals surface area contributed by atoms with Crippen LogP contribution in [0.4, 0.5) is 0 Å². The summed E-state index contributed by atoms with van der Waals surface area (Å²) in [6.45, 7) is 3.40. The molecule has 0 radical (unpaired) electrons. The van der Waals surface area contributed by atoms with E-state index in [2.05, 4.69) is 6.92 Å². The van der Waals surface area contributed by atoms with Crippen molar-refractivity contribution in [1.29, 1.82) is 0 Å². The van der Waals surface area contributed by atoms with Crippen LogP contribution in [0.15, 0.2) is 0 Å². The maximum Gasteiger partial charge on any atom is 0.0898 e. The second-order valence-corrected chi connectivity index (χ2v) is 7.63. The zero-order valence-electron chi connectivity index (χ0n) is 12.2. The van der Waals surface area contributed by atoms with E-state index in [1.54, 1.807) is 0 Å². The van der Waals surface area contributed by atoms with Crippen LogP contribution in [0.5, 0.6) is 0 Å². The highest BCUT2D eigenvalue weighted by Gasteiger charge is 2.57. The van der Waals surface area contributed by atoms with Crippen molar-refractivity contribution < 1.29 is 9.47 Å². The Morgan fingerprint density at radius 1 is 0.947 bits per heavy atom. The molecule has 4 aliphatic rings. The molecule has 2 aliphatic carbocycles. The van der Waals surface area contributed by atoms with Gasteiger partial charge in [-0.3, -0.25) is 0 Å². The molecule has 2 heteroatoms. The van der Waals surface area contributed by atoms with Crippen LogP contribution in [0.25, 0.3) is 0 Å². The van der Waals surface area contributed by atoms with E-state index >= 15 is 0 Å². The summed E-state index contributed by atoms with van der Waals surface area (Å²) in [7, 11) is 0. The molecule has 2 nitrogen and oxygen atoms in total. The van der Waals surface area contributed by atoms with E-state index in [1.165, 1.54) is 51.4 Å². The van der Waals surface area contributed by atoms with Crippen LogP contribution in [0.1, 0.15) is 58.3 Å². The van der Waals surface area contributed by atoms with Gasteiger partial charge in [0.2, 0.25) is 0 Å². The molecule has 2 saturated heterocycles. The molecule has 19 heavy (non-hydrogen) atoms. The molecule has 0 N–H and O–H groups in total. The summed E-state index contributed by atoms with van der Waals surface area (Å²) in [5, 5.41) is 0. The molecule has 0 aromatic carbocycles. The molecular weight excluding hydrogens is 236 g/mol. The van der Waals surface area contributed by atoms with Gasteiger partial charge < -0.3 is 9.47 Å². The zero-order valence-corrected chi connectivity index (χ0v) is 12.2. The highest BCUT2D eigenvalue weighted by Crippen LogP contribution is 2.50. The van der Waals surface area contributed by atoms with Crippen molar-refractivity contribution in [2.75, 3.05) is 6.61 Å². The standard InChI is InChI=1S/C17H28O2/c1-11-2-4-12(5-3-11)6-7-13-10-15-14(8-9-18-15)17-16(13)19-17/h11-17H,2-10H2,1H3. The molecule has 0 amide bonds. The van der Waals surface area contributed by atoms with Crippen molar-refractivity contribution in [2.45, 2.75) is 76.6 Å². The third-order valence-corrected chi connectivity index (χ3v) is 6.32. The van der Waals surface area contributed by atoms with Crippen LogP contribution in [-0.2, 0) is 9.47 Å². The molecule has 5 atom stereocenters. The van der Waals surface area contributed by atoms with Gasteiger partial charge in [-0.25, -0.2) is 0 Å². The van der Waals surface area contributed by atoms with E-state index in [0.29, 0.717) is 18.3 Å². The molecule has 0 bridgehead atoms. The molecule has 5 unspecified atom stereocenters. The first-order valence-corrected chi connectivity index (χ1v) is 8.58. The lowest BCUT2D eigenvalue weighted by atomic mass is 9.75. The molecule has 0 aromatic heterocycles. The van der Waals surface area contributed by atoms with Crippen molar-refractivity contribution in [3.8, 4) is 0 Å². The second kappa shape index (κ2) is 5.04. The highest BCUT2D eigenvalue weighted by molar-refractivity contribution is 5.04. The van der Waals surface area contributed by atoms with Crippen molar-refractivity contribution in [3.05, 3.63) is 0 Å². The maximum atomic E-state index is 5.98. The fraction of sp³-hybridized carbons (Fsp3) is 1.00. The van der Waals surface area contributed by atoms with Crippen LogP contribution in [0.3, 0.4) is 0 Å². The Morgan fingerprint density at radius 3 is 2.63 bits per heavy atom. The summed E-state index contributed by atoms with van der Waals surface area (Å²) in [6.07, 6.45) is 13.0. The van der Waals surface area contributed by atoms with E-state index in [0.717, 1.165) is 30.3 Å². The third-order valence-electron chi connectivity index (χ3n) is 6.32. The Bertz CT molecular complexity index is 321.